The summed E-state index contributed by atoms with van der Waals surface area (Å²) in [7, 11) is 1.99. The minimum atomic E-state index is -0.0810. The van der Waals surface area contributed by atoms with Crippen LogP contribution in [0.5, 0.6) is 0 Å². The first-order valence-electron chi connectivity index (χ1n) is 7.03. The van der Waals surface area contributed by atoms with Gasteiger partial charge in [0.05, 0.1) is 17.3 Å². The molecule has 2 aromatic rings. The van der Waals surface area contributed by atoms with Crippen LogP contribution in [-0.2, 0) is 13.6 Å². The van der Waals surface area contributed by atoms with Crippen molar-refractivity contribution in [3.8, 4) is 0 Å². The number of aliphatic hydroxyl groups is 1. The predicted molar refractivity (Wildman–Crippen MR) is 75.8 cm³/mol. The molecule has 0 spiro atoms. The monoisotopic (exact) mass is 259 g/mol. The summed E-state index contributed by atoms with van der Waals surface area (Å²) in [6.07, 6.45) is 2.95. The van der Waals surface area contributed by atoms with Crippen LogP contribution in [0.25, 0.3) is 10.9 Å². The molecule has 3 rings (SSSR count). The number of rotatable bonds is 4. The molecule has 0 aliphatic heterocycles. The molecule has 4 nitrogen and oxygen atoms in total. The van der Waals surface area contributed by atoms with Gasteiger partial charge in [-0.2, -0.15) is 5.10 Å². The average molecular weight is 259 g/mol. The number of aryl methyl sites for hydroxylation is 1. The van der Waals surface area contributed by atoms with E-state index in [1.165, 1.54) is 10.9 Å². The van der Waals surface area contributed by atoms with Crippen molar-refractivity contribution in [3.05, 3.63) is 30.0 Å². The summed E-state index contributed by atoms with van der Waals surface area (Å²) in [4.78, 5) is 0. The molecular weight excluding hydrogens is 238 g/mol. The van der Waals surface area contributed by atoms with Crippen LogP contribution >= 0.6 is 0 Å². The van der Waals surface area contributed by atoms with E-state index >= 15 is 0 Å². The number of nitrogens with one attached hydrogen (secondary N) is 1. The lowest BCUT2D eigenvalue weighted by molar-refractivity contribution is 0.177. The number of fused-ring (bicyclic) bond motifs is 1. The Balaban J connectivity index is 1.62. The fourth-order valence-corrected chi connectivity index (χ4v) is 3.05. The van der Waals surface area contributed by atoms with Crippen LogP contribution in [0.2, 0.25) is 0 Å². The van der Waals surface area contributed by atoms with E-state index in [2.05, 4.69) is 28.6 Å². The van der Waals surface area contributed by atoms with Gasteiger partial charge in [-0.3, -0.25) is 4.68 Å². The third-order valence-electron chi connectivity index (χ3n) is 4.07. The van der Waals surface area contributed by atoms with Crippen molar-refractivity contribution in [2.24, 2.45) is 13.0 Å². The number of hydrogen-bond acceptors (Lipinski definition) is 3. The Morgan fingerprint density at radius 1 is 1.37 bits per heavy atom. The molecule has 1 aromatic heterocycles. The maximum absolute atomic E-state index is 9.52. The van der Waals surface area contributed by atoms with Gasteiger partial charge in [0.2, 0.25) is 0 Å². The number of aliphatic hydroxyl groups excluding tert-OH is 1. The van der Waals surface area contributed by atoms with Gasteiger partial charge < -0.3 is 10.4 Å². The Labute approximate surface area is 113 Å². The van der Waals surface area contributed by atoms with Crippen LogP contribution in [0.15, 0.2) is 24.3 Å². The maximum Gasteiger partial charge on any atom is 0.0841 e. The largest absolute Gasteiger partial charge is 0.393 e. The van der Waals surface area contributed by atoms with Crippen LogP contribution in [0.4, 0.5) is 0 Å². The van der Waals surface area contributed by atoms with Gasteiger partial charge in [0, 0.05) is 19.0 Å². The second-order valence-corrected chi connectivity index (χ2v) is 5.55. The molecule has 1 aliphatic carbocycles. The quantitative estimate of drug-likeness (QED) is 0.880. The average Bonchev–Trinajstić information content (AvgIpc) is 2.96. The highest BCUT2D eigenvalue weighted by Crippen LogP contribution is 2.24. The summed E-state index contributed by atoms with van der Waals surface area (Å²) in [6, 6.07) is 8.32. The zero-order valence-electron chi connectivity index (χ0n) is 11.3. The molecule has 2 unspecified atom stereocenters. The minimum absolute atomic E-state index is 0.0810. The van der Waals surface area contributed by atoms with Crippen molar-refractivity contribution >= 4 is 10.9 Å². The molecule has 1 aromatic carbocycles. The van der Waals surface area contributed by atoms with Crippen molar-refractivity contribution in [3.63, 3.8) is 0 Å². The normalized spacial score (nSPS) is 23.3. The van der Waals surface area contributed by atoms with Crippen LogP contribution < -0.4 is 5.32 Å². The Morgan fingerprint density at radius 3 is 3.00 bits per heavy atom. The third kappa shape index (κ3) is 2.65. The number of aromatic nitrogens is 2. The first-order chi connectivity index (χ1) is 9.24. The first-order valence-corrected chi connectivity index (χ1v) is 7.03. The van der Waals surface area contributed by atoms with Gasteiger partial charge in [-0.25, -0.2) is 0 Å². The summed E-state index contributed by atoms with van der Waals surface area (Å²) in [5.74, 6) is 0.616. The summed E-state index contributed by atoms with van der Waals surface area (Å²) >= 11 is 0. The van der Waals surface area contributed by atoms with Crippen LogP contribution in [0, 0.1) is 5.92 Å². The second kappa shape index (κ2) is 5.31. The number of benzene rings is 1. The lowest BCUT2D eigenvalue weighted by Gasteiger charge is -2.09. The number of hydrogen-bond donors (Lipinski definition) is 2. The van der Waals surface area contributed by atoms with Gasteiger partial charge in [0.25, 0.3) is 0 Å². The van der Waals surface area contributed by atoms with Crippen molar-refractivity contribution in [2.75, 3.05) is 6.54 Å². The molecule has 2 N–H and O–H groups in total. The van der Waals surface area contributed by atoms with Gasteiger partial charge in [-0.15, -0.1) is 0 Å². The Morgan fingerprint density at radius 2 is 2.21 bits per heavy atom. The van der Waals surface area contributed by atoms with Gasteiger partial charge in [-0.05, 0) is 37.8 Å². The fraction of sp³-hybridized carbons (Fsp3) is 0.533. The van der Waals surface area contributed by atoms with Gasteiger partial charge in [0.1, 0.15) is 0 Å². The highest BCUT2D eigenvalue weighted by atomic mass is 16.3. The molecule has 0 radical (unpaired) electrons. The fourth-order valence-electron chi connectivity index (χ4n) is 3.05. The molecule has 0 saturated heterocycles. The van der Waals surface area contributed by atoms with Crippen molar-refractivity contribution in [2.45, 2.75) is 31.9 Å². The lowest BCUT2D eigenvalue weighted by Crippen LogP contribution is -2.21. The van der Waals surface area contributed by atoms with Crippen LogP contribution in [0.3, 0.4) is 0 Å². The zero-order chi connectivity index (χ0) is 13.2. The van der Waals surface area contributed by atoms with E-state index in [0.29, 0.717) is 5.92 Å². The Kier molecular flexibility index (Phi) is 3.53. The first kappa shape index (κ1) is 12.6. The van der Waals surface area contributed by atoms with Crippen molar-refractivity contribution in [1.29, 1.82) is 0 Å². The SMILES string of the molecule is Cn1nc(CNCC2CCC(O)C2)c2ccccc21. The third-order valence-corrected chi connectivity index (χ3v) is 4.07. The number of nitrogens with zero attached hydrogens (tertiary/aromatic N) is 2. The van der Waals surface area contributed by atoms with E-state index in [9.17, 15) is 5.11 Å². The highest BCUT2D eigenvalue weighted by Gasteiger charge is 2.22. The highest BCUT2D eigenvalue weighted by molar-refractivity contribution is 5.81. The van der Waals surface area contributed by atoms with E-state index in [0.717, 1.165) is 38.0 Å². The molecule has 2 atom stereocenters. The van der Waals surface area contributed by atoms with E-state index in [1.807, 2.05) is 17.8 Å². The van der Waals surface area contributed by atoms with Gasteiger partial charge >= 0.3 is 0 Å². The van der Waals surface area contributed by atoms with E-state index in [1.54, 1.807) is 0 Å². The van der Waals surface area contributed by atoms with Crippen LogP contribution in [0.1, 0.15) is 25.0 Å². The summed E-state index contributed by atoms with van der Waals surface area (Å²) < 4.78 is 1.94. The Bertz CT molecular complexity index is 564. The van der Waals surface area contributed by atoms with E-state index in [-0.39, 0.29) is 6.10 Å². The number of para-hydroxylation sites is 1. The van der Waals surface area contributed by atoms with Crippen molar-refractivity contribution < 1.29 is 5.11 Å². The lowest BCUT2D eigenvalue weighted by atomic mass is 10.1. The molecule has 0 bridgehead atoms. The van der Waals surface area contributed by atoms with Gasteiger partial charge in [0.15, 0.2) is 0 Å². The molecule has 0 amide bonds. The molecule has 1 fully saturated rings. The topological polar surface area (TPSA) is 50.1 Å². The summed E-state index contributed by atoms with van der Waals surface area (Å²) in [5.41, 5.74) is 2.28. The second-order valence-electron chi connectivity index (χ2n) is 5.55. The van der Waals surface area contributed by atoms with Gasteiger partial charge in [-0.1, -0.05) is 18.2 Å². The molecule has 4 heteroatoms. The summed E-state index contributed by atoms with van der Waals surface area (Å²) in [5, 5.41) is 18.8. The zero-order valence-corrected chi connectivity index (χ0v) is 11.3. The molecule has 19 heavy (non-hydrogen) atoms. The molecule has 1 heterocycles. The molecular formula is C15H21N3O. The van der Waals surface area contributed by atoms with Crippen molar-refractivity contribution in [1.82, 2.24) is 15.1 Å². The van der Waals surface area contributed by atoms with E-state index in [4.69, 9.17) is 0 Å². The standard InChI is InChI=1S/C15H21N3O/c1-18-15-5-3-2-4-13(15)14(17-18)10-16-9-11-6-7-12(19)8-11/h2-5,11-12,16,19H,6-10H2,1H3. The minimum Gasteiger partial charge on any atom is -0.393 e. The molecule has 1 aliphatic rings. The smallest absolute Gasteiger partial charge is 0.0841 e. The van der Waals surface area contributed by atoms with E-state index < -0.39 is 0 Å². The molecule has 102 valence electrons. The predicted octanol–water partition coefficient (Wildman–Crippen LogP) is 1.82. The molecule has 1 saturated carbocycles. The summed E-state index contributed by atoms with van der Waals surface area (Å²) in [6.45, 7) is 1.77. The maximum atomic E-state index is 9.52. The van der Waals surface area contributed by atoms with Crippen LogP contribution in [-0.4, -0.2) is 27.5 Å². The Hall–Kier alpha value is -1.39.